The first-order chi connectivity index (χ1) is 9.54. The van der Waals surface area contributed by atoms with Gasteiger partial charge in [0, 0.05) is 5.56 Å². The van der Waals surface area contributed by atoms with Gasteiger partial charge in [-0.05, 0) is 26.0 Å². The van der Waals surface area contributed by atoms with Crippen LogP contribution in [0.2, 0.25) is 0 Å². The second-order valence-corrected chi connectivity index (χ2v) is 4.35. The van der Waals surface area contributed by atoms with E-state index in [2.05, 4.69) is 9.97 Å². The summed E-state index contributed by atoms with van der Waals surface area (Å²) in [6.45, 7) is 4.18. The third-order valence-corrected chi connectivity index (χ3v) is 2.90. The molecule has 106 valence electrons. The molecule has 1 atom stereocenters. The van der Waals surface area contributed by atoms with Crippen LogP contribution >= 0.6 is 0 Å². The third-order valence-electron chi connectivity index (χ3n) is 2.90. The first-order valence-corrected chi connectivity index (χ1v) is 6.22. The van der Waals surface area contributed by atoms with Gasteiger partial charge in [-0.3, -0.25) is 0 Å². The van der Waals surface area contributed by atoms with E-state index in [-0.39, 0.29) is 11.4 Å². The molecule has 0 radical (unpaired) electrons. The minimum absolute atomic E-state index is 0.143. The molecular weight excluding hydrogens is 260 g/mol. The molecule has 0 spiro atoms. The number of nitrogens with zero attached hydrogens (tertiary/aromatic N) is 1. The minimum atomic E-state index is -1.19. The number of benzene rings is 1. The Kier molecular flexibility index (Phi) is 4.05. The number of H-pyrrole nitrogens is 1. The van der Waals surface area contributed by atoms with E-state index in [1.165, 1.54) is 6.33 Å². The largest absolute Gasteiger partial charge is 0.493 e. The molecule has 0 fully saturated rings. The molecule has 1 heterocycles. The summed E-state index contributed by atoms with van der Waals surface area (Å²) in [7, 11) is 0. The Morgan fingerprint density at radius 1 is 1.50 bits per heavy atom. The van der Waals surface area contributed by atoms with E-state index in [0.29, 0.717) is 17.9 Å². The molecule has 0 aliphatic carbocycles. The van der Waals surface area contributed by atoms with Crippen LogP contribution in [0.15, 0.2) is 24.5 Å². The van der Waals surface area contributed by atoms with Crippen LogP contribution in [-0.4, -0.2) is 32.8 Å². The highest BCUT2D eigenvalue weighted by Crippen LogP contribution is 2.31. The van der Waals surface area contributed by atoms with E-state index in [4.69, 9.17) is 9.84 Å². The van der Waals surface area contributed by atoms with Gasteiger partial charge in [-0.25, -0.2) is 9.78 Å². The molecule has 1 unspecified atom stereocenters. The van der Waals surface area contributed by atoms with E-state index < -0.39 is 12.1 Å². The van der Waals surface area contributed by atoms with Gasteiger partial charge in [-0.2, -0.15) is 0 Å². The minimum Gasteiger partial charge on any atom is -0.493 e. The van der Waals surface area contributed by atoms with Gasteiger partial charge in [-0.1, -0.05) is 11.6 Å². The highest BCUT2D eigenvalue weighted by molar-refractivity contribution is 5.87. The van der Waals surface area contributed by atoms with Crippen LogP contribution in [0.25, 0.3) is 0 Å². The maximum absolute atomic E-state index is 11.1. The van der Waals surface area contributed by atoms with Gasteiger partial charge in [0.25, 0.3) is 0 Å². The molecule has 6 heteroatoms. The normalized spacial score (nSPS) is 12.2. The number of carboxylic acid groups (broad SMARTS) is 1. The fourth-order valence-corrected chi connectivity index (χ4v) is 2.01. The lowest BCUT2D eigenvalue weighted by molar-refractivity contribution is 0.0685. The number of aliphatic hydroxyl groups is 1. The van der Waals surface area contributed by atoms with E-state index in [1.807, 2.05) is 19.9 Å². The highest BCUT2D eigenvalue weighted by atomic mass is 16.5. The Hall–Kier alpha value is -2.34. The summed E-state index contributed by atoms with van der Waals surface area (Å²) in [5.74, 6) is -0.664. The zero-order valence-electron chi connectivity index (χ0n) is 11.3. The Bertz CT molecular complexity index is 621. The van der Waals surface area contributed by atoms with Crippen LogP contribution in [-0.2, 0) is 0 Å². The van der Waals surface area contributed by atoms with Gasteiger partial charge in [0.15, 0.2) is 5.69 Å². The summed E-state index contributed by atoms with van der Waals surface area (Å²) in [6.07, 6.45) is 0.114. The summed E-state index contributed by atoms with van der Waals surface area (Å²) < 4.78 is 5.47. The van der Waals surface area contributed by atoms with Crippen LogP contribution in [0.4, 0.5) is 0 Å². The number of imidazole rings is 1. The lowest BCUT2D eigenvalue weighted by Gasteiger charge is -2.16. The molecule has 2 rings (SSSR count). The molecular formula is C14H16N2O4. The maximum atomic E-state index is 11.1. The van der Waals surface area contributed by atoms with Crippen molar-refractivity contribution in [2.24, 2.45) is 0 Å². The van der Waals surface area contributed by atoms with Gasteiger partial charge >= 0.3 is 5.97 Å². The fourth-order valence-electron chi connectivity index (χ4n) is 2.01. The number of aryl methyl sites for hydroxylation is 1. The molecule has 0 saturated heterocycles. The molecule has 0 aliphatic rings. The first kappa shape index (κ1) is 14.1. The second kappa shape index (κ2) is 5.75. The molecule has 1 aromatic carbocycles. The van der Waals surface area contributed by atoms with Crippen molar-refractivity contribution in [3.63, 3.8) is 0 Å². The molecule has 0 aliphatic heterocycles. The number of aromatic amines is 1. The second-order valence-electron chi connectivity index (χ2n) is 4.35. The number of ether oxygens (including phenoxy) is 1. The van der Waals surface area contributed by atoms with Crippen molar-refractivity contribution in [2.45, 2.75) is 20.0 Å². The van der Waals surface area contributed by atoms with Crippen LogP contribution in [0.1, 0.15) is 40.3 Å². The Labute approximate surface area is 116 Å². The number of nitrogens with one attached hydrogen (secondary N) is 1. The van der Waals surface area contributed by atoms with E-state index in [0.717, 1.165) is 5.56 Å². The SMILES string of the molecule is CCOc1ccc(C)cc1C(O)c1[nH]cnc1C(=O)O. The third kappa shape index (κ3) is 2.65. The van der Waals surface area contributed by atoms with Crippen molar-refractivity contribution >= 4 is 5.97 Å². The summed E-state index contributed by atoms with van der Waals surface area (Å²) in [6, 6.07) is 5.39. The number of carboxylic acids is 1. The zero-order valence-corrected chi connectivity index (χ0v) is 11.3. The van der Waals surface area contributed by atoms with Crippen molar-refractivity contribution in [2.75, 3.05) is 6.61 Å². The molecule has 0 saturated carbocycles. The van der Waals surface area contributed by atoms with Gasteiger partial charge in [0.1, 0.15) is 11.9 Å². The molecule has 20 heavy (non-hydrogen) atoms. The number of hydrogen-bond acceptors (Lipinski definition) is 4. The number of aromatic nitrogens is 2. The number of hydrogen-bond donors (Lipinski definition) is 3. The number of rotatable bonds is 5. The first-order valence-electron chi connectivity index (χ1n) is 6.22. The highest BCUT2D eigenvalue weighted by Gasteiger charge is 2.24. The molecule has 0 amide bonds. The quantitative estimate of drug-likeness (QED) is 0.775. The standard InChI is InChI=1S/C14H16N2O4/c1-3-20-10-5-4-8(2)6-9(10)13(17)11-12(14(18)19)16-7-15-11/h4-7,13,17H,3H2,1-2H3,(H,15,16)(H,18,19). The van der Waals surface area contributed by atoms with E-state index in [1.54, 1.807) is 12.1 Å². The maximum Gasteiger partial charge on any atom is 0.356 e. The van der Waals surface area contributed by atoms with Crippen molar-refractivity contribution in [1.29, 1.82) is 0 Å². The van der Waals surface area contributed by atoms with Crippen LogP contribution in [0.5, 0.6) is 5.75 Å². The summed E-state index contributed by atoms with van der Waals surface area (Å²) in [5, 5.41) is 19.5. The zero-order chi connectivity index (χ0) is 14.7. The van der Waals surface area contributed by atoms with Crippen molar-refractivity contribution in [1.82, 2.24) is 9.97 Å². The topological polar surface area (TPSA) is 95.4 Å². The monoisotopic (exact) mass is 276 g/mol. The lowest BCUT2D eigenvalue weighted by Crippen LogP contribution is -2.10. The van der Waals surface area contributed by atoms with Gasteiger partial charge < -0.3 is 19.9 Å². The molecule has 1 aromatic heterocycles. The average Bonchev–Trinajstić information content (AvgIpc) is 2.89. The number of aromatic carboxylic acids is 1. The average molecular weight is 276 g/mol. The van der Waals surface area contributed by atoms with Gasteiger partial charge in [-0.15, -0.1) is 0 Å². The molecule has 3 N–H and O–H groups in total. The lowest BCUT2D eigenvalue weighted by atomic mass is 10.0. The summed E-state index contributed by atoms with van der Waals surface area (Å²) in [4.78, 5) is 17.5. The number of carbonyl (C=O) groups is 1. The Morgan fingerprint density at radius 3 is 2.90 bits per heavy atom. The van der Waals surface area contributed by atoms with Crippen LogP contribution in [0.3, 0.4) is 0 Å². The number of aliphatic hydroxyl groups excluding tert-OH is 1. The summed E-state index contributed by atoms with van der Waals surface area (Å²) in [5.41, 5.74) is 1.41. The van der Waals surface area contributed by atoms with Crippen LogP contribution in [0, 0.1) is 6.92 Å². The van der Waals surface area contributed by atoms with Crippen molar-refractivity contribution in [3.05, 3.63) is 47.0 Å². The van der Waals surface area contributed by atoms with Gasteiger partial charge in [0.2, 0.25) is 0 Å². The molecule has 6 nitrogen and oxygen atoms in total. The van der Waals surface area contributed by atoms with Gasteiger partial charge in [0.05, 0.1) is 18.6 Å². The predicted octanol–water partition coefficient (Wildman–Crippen LogP) is 1.90. The Balaban J connectivity index is 2.46. The van der Waals surface area contributed by atoms with Crippen LogP contribution < -0.4 is 4.74 Å². The molecule has 0 bridgehead atoms. The fraction of sp³-hybridized carbons (Fsp3) is 0.286. The van der Waals surface area contributed by atoms with Crippen molar-refractivity contribution < 1.29 is 19.7 Å². The van der Waals surface area contributed by atoms with E-state index in [9.17, 15) is 9.90 Å². The Morgan fingerprint density at radius 2 is 2.25 bits per heavy atom. The predicted molar refractivity (Wildman–Crippen MR) is 72.0 cm³/mol. The molecule has 2 aromatic rings. The summed E-state index contributed by atoms with van der Waals surface area (Å²) >= 11 is 0. The van der Waals surface area contributed by atoms with E-state index >= 15 is 0 Å². The van der Waals surface area contributed by atoms with Crippen molar-refractivity contribution in [3.8, 4) is 5.75 Å². The smallest absolute Gasteiger partial charge is 0.356 e.